The van der Waals surface area contributed by atoms with Crippen molar-refractivity contribution in [1.82, 2.24) is 19.7 Å². The lowest BCUT2D eigenvalue weighted by molar-refractivity contribution is 0.366. The molecule has 0 radical (unpaired) electrons. The molecule has 0 amide bonds. The van der Waals surface area contributed by atoms with Gasteiger partial charge in [0.25, 0.3) is 5.56 Å². The average molecular weight is 341 g/mol. The number of rotatable bonds is 3. The van der Waals surface area contributed by atoms with Crippen molar-refractivity contribution in [3.05, 3.63) is 52.2 Å². The molecule has 2 heterocycles. The molecule has 1 aliphatic rings. The molecule has 25 heavy (non-hydrogen) atoms. The number of halogens is 1. The van der Waals surface area contributed by atoms with Crippen LogP contribution in [-0.2, 0) is 5.54 Å². The van der Waals surface area contributed by atoms with Gasteiger partial charge in [-0.3, -0.25) is 9.78 Å². The molecule has 2 N–H and O–H groups in total. The molecule has 3 aromatic rings. The van der Waals surface area contributed by atoms with Crippen LogP contribution in [0.3, 0.4) is 0 Å². The van der Waals surface area contributed by atoms with Crippen molar-refractivity contribution in [3.63, 3.8) is 0 Å². The molecule has 2 aromatic heterocycles. The maximum absolute atomic E-state index is 13.4. The van der Waals surface area contributed by atoms with E-state index in [0.717, 1.165) is 12.0 Å². The van der Waals surface area contributed by atoms with E-state index in [4.69, 9.17) is 0 Å². The van der Waals surface area contributed by atoms with Crippen molar-refractivity contribution in [2.75, 3.05) is 5.32 Å². The number of aromatic amines is 1. The number of nitrogens with one attached hydrogen (secondary N) is 2. The zero-order valence-electron chi connectivity index (χ0n) is 14.4. The molecular formula is C18H20FN5O. The smallest absolute Gasteiger partial charge is 0.263 e. The molecule has 4 rings (SSSR count). The minimum absolute atomic E-state index is 0.133. The molecule has 1 fully saturated rings. The Morgan fingerprint density at radius 2 is 2.16 bits per heavy atom. The van der Waals surface area contributed by atoms with Gasteiger partial charge in [-0.05, 0) is 44.9 Å². The number of aromatic nitrogens is 4. The van der Waals surface area contributed by atoms with Gasteiger partial charge in [0.1, 0.15) is 11.2 Å². The van der Waals surface area contributed by atoms with E-state index in [0.29, 0.717) is 17.0 Å². The lowest BCUT2D eigenvalue weighted by Gasteiger charge is -2.19. The first kappa shape index (κ1) is 15.8. The third-order valence-corrected chi connectivity index (χ3v) is 4.46. The molecule has 1 saturated carbocycles. The molecule has 2 atom stereocenters. The van der Waals surface area contributed by atoms with Gasteiger partial charge in [0, 0.05) is 12.0 Å². The Balaban J connectivity index is 1.62. The fourth-order valence-electron chi connectivity index (χ4n) is 3.11. The van der Waals surface area contributed by atoms with Crippen LogP contribution in [-0.4, -0.2) is 25.8 Å². The van der Waals surface area contributed by atoms with Gasteiger partial charge >= 0.3 is 0 Å². The fraction of sp³-hybridized carbons (Fsp3) is 0.389. The Hall–Kier alpha value is -2.70. The molecule has 0 spiro atoms. The predicted octanol–water partition coefficient (Wildman–Crippen LogP) is 2.98. The van der Waals surface area contributed by atoms with E-state index in [9.17, 15) is 9.18 Å². The van der Waals surface area contributed by atoms with Crippen molar-refractivity contribution >= 4 is 17.0 Å². The minimum atomic E-state index is -0.274. The van der Waals surface area contributed by atoms with Crippen molar-refractivity contribution in [2.24, 2.45) is 0 Å². The maximum atomic E-state index is 13.4. The van der Waals surface area contributed by atoms with Crippen LogP contribution >= 0.6 is 0 Å². The highest BCUT2D eigenvalue weighted by molar-refractivity contribution is 5.74. The van der Waals surface area contributed by atoms with Gasteiger partial charge < -0.3 is 5.32 Å². The van der Waals surface area contributed by atoms with Gasteiger partial charge in [-0.2, -0.15) is 10.1 Å². The standard InChI is InChI=1S/C18H20FN5O/c1-18(2,3)24-15-13(9-20-24)16(25)23-17(22-15)21-14-8-12(14)10-5-4-6-11(19)7-10/h4-7,9,12,14H,8H2,1-3H3,(H2,21,22,23,25)/t12-,14+/m0/s1. The van der Waals surface area contributed by atoms with Crippen LogP contribution in [0.25, 0.3) is 11.0 Å². The van der Waals surface area contributed by atoms with E-state index in [2.05, 4.69) is 20.4 Å². The Morgan fingerprint density at radius 1 is 1.36 bits per heavy atom. The molecule has 0 unspecified atom stereocenters. The molecular weight excluding hydrogens is 321 g/mol. The summed E-state index contributed by atoms with van der Waals surface area (Å²) in [4.78, 5) is 19.6. The topological polar surface area (TPSA) is 75.6 Å². The molecule has 0 bridgehead atoms. The summed E-state index contributed by atoms with van der Waals surface area (Å²) in [6.45, 7) is 6.03. The van der Waals surface area contributed by atoms with Crippen LogP contribution in [0, 0.1) is 5.82 Å². The van der Waals surface area contributed by atoms with Crippen LogP contribution in [0.15, 0.2) is 35.3 Å². The van der Waals surface area contributed by atoms with Crippen molar-refractivity contribution < 1.29 is 4.39 Å². The van der Waals surface area contributed by atoms with E-state index in [1.807, 2.05) is 26.8 Å². The summed E-state index contributed by atoms with van der Waals surface area (Å²) in [6, 6.07) is 6.76. The first-order valence-corrected chi connectivity index (χ1v) is 8.33. The minimum Gasteiger partial charge on any atom is -0.352 e. The quantitative estimate of drug-likeness (QED) is 0.768. The largest absolute Gasteiger partial charge is 0.352 e. The van der Waals surface area contributed by atoms with E-state index in [1.165, 1.54) is 6.07 Å². The van der Waals surface area contributed by atoms with Crippen LogP contribution in [0.2, 0.25) is 0 Å². The van der Waals surface area contributed by atoms with Gasteiger partial charge in [0.15, 0.2) is 5.65 Å². The zero-order chi connectivity index (χ0) is 17.8. The number of hydrogen-bond acceptors (Lipinski definition) is 4. The molecule has 0 saturated heterocycles. The molecule has 0 aliphatic heterocycles. The second-order valence-electron chi connectivity index (χ2n) is 7.53. The Labute approximate surface area is 144 Å². The van der Waals surface area contributed by atoms with Gasteiger partial charge in [-0.15, -0.1) is 0 Å². The Kier molecular flexibility index (Phi) is 3.42. The van der Waals surface area contributed by atoms with E-state index >= 15 is 0 Å². The molecule has 1 aliphatic carbocycles. The lowest BCUT2D eigenvalue weighted by atomic mass is 10.1. The molecule has 130 valence electrons. The number of benzene rings is 1. The van der Waals surface area contributed by atoms with Crippen LogP contribution in [0.4, 0.5) is 10.3 Å². The Bertz CT molecular complexity index is 1000. The highest BCUT2D eigenvalue weighted by atomic mass is 19.1. The van der Waals surface area contributed by atoms with E-state index < -0.39 is 0 Å². The third-order valence-electron chi connectivity index (χ3n) is 4.46. The molecule has 1 aromatic carbocycles. The van der Waals surface area contributed by atoms with Gasteiger partial charge in [-0.25, -0.2) is 9.07 Å². The highest BCUT2D eigenvalue weighted by Gasteiger charge is 2.39. The molecule has 6 nitrogen and oxygen atoms in total. The van der Waals surface area contributed by atoms with Crippen molar-refractivity contribution in [3.8, 4) is 0 Å². The summed E-state index contributed by atoms with van der Waals surface area (Å²) in [6.07, 6.45) is 2.42. The van der Waals surface area contributed by atoms with E-state index in [-0.39, 0.29) is 28.9 Å². The second-order valence-corrected chi connectivity index (χ2v) is 7.53. The van der Waals surface area contributed by atoms with Gasteiger partial charge in [-0.1, -0.05) is 12.1 Å². The molecule has 7 heteroatoms. The fourth-order valence-corrected chi connectivity index (χ4v) is 3.11. The summed E-state index contributed by atoms with van der Waals surface area (Å²) >= 11 is 0. The normalized spacial score (nSPS) is 20.0. The summed E-state index contributed by atoms with van der Waals surface area (Å²) < 4.78 is 15.1. The average Bonchev–Trinajstić information content (AvgIpc) is 3.13. The highest BCUT2D eigenvalue weighted by Crippen LogP contribution is 2.42. The third kappa shape index (κ3) is 2.90. The number of hydrogen-bond donors (Lipinski definition) is 2. The maximum Gasteiger partial charge on any atom is 0.263 e. The second kappa shape index (κ2) is 5.40. The summed E-state index contributed by atoms with van der Waals surface area (Å²) in [5.74, 6) is 0.418. The summed E-state index contributed by atoms with van der Waals surface area (Å²) in [5.41, 5.74) is 1.03. The number of H-pyrrole nitrogens is 1. The van der Waals surface area contributed by atoms with Crippen LogP contribution < -0.4 is 10.9 Å². The first-order chi connectivity index (χ1) is 11.8. The van der Waals surface area contributed by atoms with Gasteiger partial charge in [0.2, 0.25) is 5.95 Å². The van der Waals surface area contributed by atoms with Gasteiger partial charge in [0.05, 0.1) is 11.7 Å². The number of anilines is 1. The summed E-state index contributed by atoms with van der Waals surface area (Å²) in [7, 11) is 0. The van der Waals surface area contributed by atoms with Crippen LogP contribution in [0.5, 0.6) is 0 Å². The SMILES string of the molecule is CC(C)(C)n1ncc2c(=O)[nH]c(N[C@@H]3C[C@H]3c3cccc(F)c3)nc21. The zero-order valence-corrected chi connectivity index (χ0v) is 14.4. The summed E-state index contributed by atoms with van der Waals surface area (Å²) in [5, 5.41) is 8.03. The first-order valence-electron chi connectivity index (χ1n) is 8.33. The van der Waals surface area contributed by atoms with Crippen LogP contribution in [0.1, 0.15) is 38.7 Å². The predicted molar refractivity (Wildman–Crippen MR) is 94.3 cm³/mol. The number of fused-ring (bicyclic) bond motifs is 1. The Morgan fingerprint density at radius 3 is 2.88 bits per heavy atom. The van der Waals surface area contributed by atoms with E-state index in [1.54, 1.807) is 23.0 Å². The van der Waals surface area contributed by atoms with Crippen molar-refractivity contribution in [2.45, 2.75) is 44.7 Å². The lowest BCUT2D eigenvalue weighted by Crippen LogP contribution is -2.24. The monoisotopic (exact) mass is 341 g/mol. The van der Waals surface area contributed by atoms with Crippen molar-refractivity contribution in [1.29, 1.82) is 0 Å². The number of nitrogens with zero attached hydrogens (tertiary/aromatic N) is 3.